The fourth-order valence-corrected chi connectivity index (χ4v) is 0.944. The molecule has 0 aromatic heterocycles. The van der Waals surface area contributed by atoms with E-state index in [1.165, 1.54) is 7.11 Å². The number of hydrogen-bond donors (Lipinski definition) is 2. The standard InChI is InChI=1S/C9H12O3/c1-12-9(11)8(10)7-5-3-2-4-6-7/h2-6,8-11H,1H3/t8-,9?/m0/s1. The van der Waals surface area contributed by atoms with Gasteiger partial charge in [-0.05, 0) is 5.56 Å². The van der Waals surface area contributed by atoms with Crippen molar-refractivity contribution in [3.63, 3.8) is 0 Å². The van der Waals surface area contributed by atoms with Gasteiger partial charge in [0, 0.05) is 7.11 Å². The molecule has 1 aromatic carbocycles. The SMILES string of the molecule is COC(O)[C@@H](O)c1ccccc1. The average molecular weight is 168 g/mol. The molecule has 0 amide bonds. The molecule has 0 bridgehead atoms. The van der Waals surface area contributed by atoms with Crippen LogP contribution in [0.1, 0.15) is 11.7 Å². The van der Waals surface area contributed by atoms with Crippen molar-refractivity contribution >= 4 is 0 Å². The lowest BCUT2D eigenvalue weighted by Gasteiger charge is -2.15. The molecule has 0 saturated heterocycles. The number of ether oxygens (including phenoxy) is 1. The highest BCUT2D eigenvalue weighted by Gasteiger charge is 2.16. The maximum atomic E-state index is 9.41. The van der Waals surface area contributed by atoms with Crippen molar-refractivity contribution in [1.29, 1.82) is 0 Å². The third kappa shape index (κ3) is 2.04. The number of methoxy groups -OCH3 is 1. The average Bonchev–Trinajstić information content (AvgIpc) is 2.17. The summed E-state index contributed by atoms with van der Waals surface area (Å²) in [6.45, 7) is 0. The first-order valence-electron chi connectivity index (χ1n) is 3.69. The molecule has 1 rings (SSSR count). The van der Waals surface area contributed by atoms with Gasteiger partial charge in [-0.25, -0.2) is 0 Å². The number of benzene rings is 1. The number of rotatable bonds is 3. The minimum absolute atomic E-state index is 0.645. The van der Waals surface area contributed by atoms with E-state index >= 15 is 0 Å². The van der Waals surface area contributed by atoms with Crippen LogP contribution in [0.2, 0.25) is 0 Å². The van der Waals surface area contributed by atoms with Crippen LogP contribution in [0.25, 0.3) is 0 Å². The Morgan fingerprint density at radius 2 is 1.75 bits per heavy atom. The zero-order valence-electron chi connectivity index (χ0n) is 6.84. The molecule has 1 aromatic rings. The monoisotopic (exact) mass is 168 g/mol. The first-order valence-corrected chi connectivity index (χ1v) is 3.69. The molecule has 0 aliphatic carbocycles. The third-order valence-electron chi connectivity index (χ3n) is 1.65. The maximum Gasteiger partial charge on any atom is 0.184 e. The fraction of sp³-hybridized carbons (Fsp3) is 0.333. The van der Waals surface area contributed by atoms with E-state index in [0.717, 1.165) is 0 Å². The first kappa shape index (κ1) is 9.19. The Labute approximate surface area is 71.2 Å². The fourth-order valence-electron chi connectivity index (χ4n) is 0.944. The summed E-state index contributed by atoms with van der Waals surface area (Å²) in [6, 6.07) is 8.89. The zero-order chi connectivity index (χ0) is 8.97. The van der Waals surface area contributed by atoms with Crippen molar-refractivity contribution < 1.29 is 14.9 Å². The Hall–Kier alpha value is -0.900. The minimum Gasteiger partial charge on any atom is -0.383 e. The van der Waals surface area contributed by atoms with Crippen LogP contribution < -0.4 is 0 Å². The van der Waals surface area contributed by atoms with Gasteiger partial charge in [0.25, 0.3) is 0 Å². The van der Waals surface area contributed by atoms with Crippen molar-refractivity contribution in [2.45, 2.75) is 12.4 Å². The van der Waals surface area contributed by atoms with Gasteiger partial charge in [0.15, 0.2) is 6.29 Å². The lowest BCUT2D eigenvalue weighted by atomic mass is 10.1. The van der Waals surface area contributed by atoms with Crippen LogP contribution in [-0.4, -0.2) is 23.6 Å². The van der Waals surface area contributed by atoms with E-state index in [1.54, 1.807) is 24.3 Å². The molecule has 0 saturated carbocycles. The van der Waals surface area contributed by atoms with E-state index < -0.39 is 12.4 Å². The van der Waals surface area contributed by atoms with Crippen LogP contribution in [0.4, 0.5) is 0 Å². The first-order chi connectivity index (χ1) is 5.75. The van der Waals surface area contributed by atoms with Gasteiger partial charge in [-0.2, -0.15) is 0 Å². The van der Waals surface area contributed by atoms with Crippen LogP contribution >= 0.6 is 0 Å². The highest BCUT2D eigenvalue weighted by molar-refractivity contribution is 5.17. The van der Waals surface area contributed by atoms with Crippen LogP contribution in [0.3, 0.4) is 0 Å². The molecule has 0 spiro atoms. The third-order valence-corrected chi connectivity index (χ3v) is 1.65. The van der Waals surface area contributed by atoms with Gasteiger partial charge in [0.05, 0.1) is 0 Å². The van der Waals surface area contributed by atoms with Crippen molar-refractivity contribution in [2.24, 2.45) is 0 Å². The summed E-state index contributed by atoms with van der Waals surface area (Å²) in [6.07, 6.45) is -2.14. The van der Waals surface area contributed by atoms with E-state index in [9.17, 15) is 5.11 Å². The summed E-state index contributed by atoms with van der Waals surface area (Å²) < 4.78 is 4.57. The minimum atomic E-state index is -1.16. The van der Waals surface area contributed by atoms with Crippen molar-refractivity contribution in [1.82, 2.24) is 0 Å². The molecule has 3 heteroatoms. The molecular weight excluding hydrogens is 156 g/mol. The number of aliphatic hydroxyl groups excluding tert-OH is 2. The van der Waals surface area contributed by atoms with E-state index in [1.807, 2.05) is 6.07 Å². The Morgan fingerprint density at radius 3 is 2.25 bits per heavy atom. The Morgan fingerprint density at radius 1 is 1.17 bits per heavy atom. The summed E-state index contributed by atoms with van der Waals surface area (Å²) in [4.78, 5) is 0. The molecule has 3 nitrogen and oxygen atoms in total. The summed E-state index contributed by atoms with van der Waals surface area (Å²) in [5.41, 5.74) is 0.645. The van der Waals surface area contributed by atoms with Crippen LogP contribution in [0, 0.1) is 0 Å². The molecular formula is C9H12O3. The number of aliphatic hydroxyl groups is 2. The van der Waals surface area contributed by atoms with Crippen LogP contribution in [0.15, 0.2) is 30.3 Å². The molecule has 0 aliphatic rings. The molecule has 1 unspecified atom stereocenters. The molecule has 12 heavy (non-hydrogen) atoms. The summed E-state index contributed by atoms with van der Waals surface area (Å²) in [7, 11) is 1.34. The smallest absolute Gasteiger partial charge is 0.184 e. The van der Waals surface area contributed by atoms with Crippen molar-refractivity contribution in [3.8, 4) is 0 Å². The largest absolute Gasteiger partial charge is 0.383 e. The molecule has 0 heterocycles. The number of hydrogen-bond acceptors (Lipinski definition) is 3. The van der Waals surface area contributed by atoms with E-state index in [2.05, 4.69) is 4.74 Å². The molecule has 66 valence electrons. The van der Waals surface area contributed by atoms with Gasteiger partial charge in [-0.1, -0.05) is 30.3 Å². The lowest BCUT2D eigenvalue weighted by molar-refractivity contribution is -0.146. The highest BCUT2D eigenvalue weighted by atomic mass is 16.6. The maximum absolute atomic E-state index is 9.41. The van der Waals surface area contributed by atoms with E-state index in [-0.39, 0.29) is 0 Å². The van der Waals surface area contributed by atoms with Gasteiger partial charge in [-0.15, -0.1) is 0 Å². The van der Waals surface area contributed by atoms with Gasteiger partial charge in [0.2, 0.25) is 0 Å². The second-order valence-electron chi connectivity index (χ2n) is 2.48. The highest BCUT2D eigenvalue weighted by Crippen LogP contribution is 2.15. The Balaban J connectivity index is 2.71. The van der Waals surface area contributed by atoms with Gasteiger partial charge in [0.1, 0.15) is 6.10 Å². The normalized spacial score (nSPS) is 15.6. The van der Waals surface area contributed by atoms with Crippen molar-refractivity contribution in [2.75, 3.05) is 7.11 Å². The van der Waals surface area contributed by atoms with Crippen LogP contribution in [-0.2, 0) is 4.74 Å². The molecule has 0 fully saturated rings. The van der Waals surface area contributed by atoms with Gasteiger partial charge < -0.3 is 14.9 Å². The lowest BCUT2D eigenvalue weighted by Crippen LogP contribution is -2.19. The van der Waals surface area contributed by atoms with Crippen molar-refractivity contribution in [3.05, 3.63) is 35.9 Å². The van der Waals surface area contributed by atoms with E-state index in [0.29, 0.717) is 5.56 Å². The summed E-state index contributed by atoms with van der Waals surface area (Å²) in [5, 5.41) is 18.5. The van der Waals surface area contributed by atoms with Gasteiger partial charge in [-0.3, -0.25) is 0 Å². The molecule has 2 atom stereocenters. The Bertz CT molecular complexity index is 222. The molecule has 0 aliphatic heterocycles. The Kier molecular flexibility index (Phi) is 3.22. The zero-order valence-corrected chi connectivity index (χ0v) is 6.84. The quantitative estimate of drug-likeness (QED) is 0.653. The topological polar surface area (TPSA) is 49.7 Å². The predicted octanol–water partition coefficient (Wildman–Crippen LogP) is 0.685. The van der Waals surface area contributed by atoms with E-state index in [4.69, 9.17) is 5.11 Å². The van der Waals surface area contributed by atoms with Crippen LogP contribution in [0.5, 0.6) is 0 Å². The predicted molar refractivity (Wildman–Crippen MR) is 44.4 cm³/mol. The molecule has 2 N–H and O–H groups in total. The second-order valence-corrected chi connectivity index (χ2v) is 2.48. The summed E-state index contributed by atoms with van der Waals surface area (Å²) in [5.74, 6) is 0. The second kappa shape index (κ2) is 4.21. The summed E-state index contributed by atoms with van der Waals surface area (Å²) >= 11 is 0. The molecule has 0 radical (unpaired) electrons. The van der Waals surface area contributed by atoms with Gasteiger partial charge >= 0.3 is 0 Å².